The van der Waals surface area contributed by atoms with Gasteiger partial charge in [-0.3, -0.25) is 4.68 Å². The summed E-state index contributed by atoms with van der Waals surface area (Å²) in [5.41, 5.74) is 5.42. The maximum Gasteiger partial charge on any atom is 0.0637 e. The van der Waals surface area contributed by atoms with Crippen LogP contribution in [0.5, 0.6) is 0 Å². The Morgan fingerprint density at radius 2 is 2.14 bits per heavy atom. The summed E-state index contributed by atoms with van der Waals surface area (Å²) in [6.07, 6.45) is 5.45. The van der Waals surface area contributed by atoms with Gasteiger partial charge in [-0.2, -0.15) is 5.10 Å². The molecule has 0 aliphatic carbocycles. The number of hydrogen-bond acceptors (Lipinski definition) is 3. The number of fused-ring (bicyclic) bond motifs is 1. The lowest BCUT2D eigenvalue weighted by Crippen LogP contribution is -2.25. The zero-order chi connectivity index (χ0) is 14.7. The molecular formula is C17H24N4. The lowest BCUT2D eigenvalue weighted by atomic mass is 9.99. The van der Waals surface area contributed by atoms with Crippen LogP contribution in [0.2, 0.25) is 0 Å². The second-order valence-corrected chi connectivity index (χ2v) is 5.90. The molecule has 1 N–H and O–H groups in total. The van der Waals surface area contributed by atoms with Crippen LogP contribution in [0, 0.1) is 0 Å². The van der Waals surface area contributed by atoms with Crippen molar-refractivity contribution in [3.63, 3.8) is 0 Å². The van der Waals surface area contributed by atoms with Crippen molar-refractivity contribution < 1.29 is 0 Å². The summed E-state index contributed by atoms with van der Waals surface area (Å²) in [7, 11) is 4.14. The Labute approximate surface area is 126 Å². The normalized spacial score (nSPS) is 14.3. The Bertz CT molecular complexity index is 603. The van der Waals surface area contributed by atoms with E-state index in [4.69, 9.17) is 0 Å². The first-order valence-corrected chi connectivity index (χ1v) is 7.74. The van der Waals surface area contributed by atoms with E-state index in [1.807, 2.05) is 17.9 Å². The van der Waals surface area contributed by atoms with Crippen LogP contribution in [0.4, 0.5) is 5.69 Å². The van der Waals surface area contributed by atoms with Crippen molar-refractivity contribution in [2.24, 2.45) is 7.05 Å². The minimum atomic E-state index is 0.934. The van der Waals surface area contributed by atoms with E-state index in [1.165, 1.54) is 36.2 Å². The first-order valence-electron chi connectivity index (χ1n) is 7.74. The number of rotatable bonds is 5. The highest BCUT2D eigenvalue weighted by Gasteiger charge is 2.13. The van der Waals surface area contributed by atoms with Gasteiger partial charge in [0.15, 0.2) is 0 Å². The van der Waals surface area contributed by atoms with Crippen molar-refractivity contribution in [2.45, 2.75) is 25.8 Å². The van der Waals surface area contributed by atoms with Gasteiger partial charge in [-0.05, 0) is 36.1 Å². The van der Waals surface area contributed by atoms with Gasteiger partial charge < -0.3 is 10.2 Å². The molecule has 0 saturated heterocycles. The highest BCUT2D eigenvalue weighted by Crippen LogP contribution is 2.26. The SMILES string of the molecule is CN1CCCc2cc(CNCCc3ccn(C)n3)ccc21. The van der Waals surface area contributed by atoms with Crippen LogP contribution in [-0.2, 0) is 26.4 Å². The van der Waals surface area contributed by atoms with Gasteiger partial charge in [0.05, 0.1) is 5.69 Å². The summed E-state index contributed by atoms with van der Waals surface area (Å²) in [6.45, 7) is 3.08. The van der Waals surface area contributed by atoms with Crippen molar-refractivity contribution in [1.29, 1.82) is 0 Å². The number of hydrogen-bond donors (Lipinski definition) is 1. The number of nitrogens with zero attached hydrogens (tertiary/aromatic N) is 3. The topological polar surface area (TPSA) is 33.1 Å². The highest BCUT2D eigenvalue weighted by atomic mass is 15.2. The molecule has 0 atom stereocenters. The lowest BCUT2D eigenvalue weighted by Gasteiger charge is -2.27. The Hall–Kier alpha value is -1.81. The minimum Gasteiger partial charge on any atom is -0.374 e. The van der Waals surface area contributed by atoms with Gasteiger partial charge in [-0.15, -0.1) is 0 Å². The molecule has 4 nitrogen and oxygen atoms in total. The quantitative estimate of drug-likeness (QED) is 0.854. The van der Waals surface area contributed by atoms with Gasteiger partial charge in [0.2, 0.25) is 0 Å². The van der Waals surface area contributed by atoms with Crippen molar-refractivity contribution in [2.75, 3.05) is 25.0 Å². The first-order chi connectivity index (χ1) is 10.2. The highest BCUT2D eigenvalue weighted by molar-refractivity contribution is 5.56. The monoisotopic (exact) mass is 284 g/mol. The summed E-state index contributed by atoms with van der Waals surface area (Å²) >= 11 is 0. The zero-order valence-corrected chi connectivity index (χ0v) is 13.0. The molecule has 3 rings (SSSR count). The van der Waals surface area contributed by atoms with Gasteiger partial charge in [-0.25, -0.2) is 0 Å². The van der Waals surface area contributed by atoms with Crippen LogP contribution in [0.1, 0.15) is 23.2 Å². The van der Waals surface area contributed by atoms with Gasteiger partial charge in [0, 0.05) is 52.0 Å². The second kappa shape index (κ2) is 6.31. The molecule has 4 heteroatoms. The van der Waals surface area contributed by atoms with Crippen LogP contribution in [0.25, 0.3) is 0 Å². The van der Waals surface area contributed by atoms with Gasteiger partial charge in [-0.1, -0.05) is 12.1 Å². The zero-order valence-electron chi connectivity index (χ0n) is 13.0. The van der Waals surface area contributed by atoms with Crippen LogP contribution in [-0.4, -0.2) is 29.9 Å². The van der Waals surface area contributed by atoms with Gasteiger partial charge >= 0.3 is 0 Å². The summed E-state index contributed by atoms with van der Waals surface area (Å²) in [5.74, 6) is 0. The van der Waals surface area contributed by atoms with Gasteiger partial charge in [0.1, 0.15) is 0 Å². The Morgan fingerprint density at radius 1 is 1.24 bits per heavy atom. The van der Waals surface area contributed by atoms with Crippen molar-refractivity contribution in [1.82, 2.24) is 15.1 Å². The standard InChI is InChI=1S/C17H24N4/c1-20-10-3-4-15-12-14(5-6-17(15)20)13-18-9-7-16-8-11-21(2)19-16/h5-6,8,11-12,18H,3-4,7,9-10,13H2,1-2H3. The molecule has 1 aromatic carbocycles. The van der Waals surface area contributed by atoms with E-state index in [0.717, 1.165) is 25.2 Å². The average molecular weight is 284 g/mol. The molecule has 1 aromatic heterocycles. The van der Waals surface area contributed by atoms with E-state index >= 15 is 0 Å². The molecule has 2 aromatic rings. The fraction of sp³-hybridized carbons (Fsp3) is 0.471. The molecule has 0 spiro atoms. The predicted octanol–water partition coefficient (Wildman–Crippen LogP) is 2.13. The Balaban J connectivity index is 1.51. The second-order valence-electron chi connectivity index (χ2n) is 5.90. The maximum atomic E-state index is 4.39. The average Bonchev–Trinajstić information content (AvgIpc) is 2.89. The third-order valence-electron chi connectivity index (χ3n) is 4.15. The third-order valence-corrected chi connectivity index (χ3v) is 4.15. The van der Waals surface area contributed by atoms with E-state index in [9.17, 15) is 0 Å². The third kappa shape index (κ3) is 3.45. The van der Waals surface area contributed by atoms with Crippen molar-refractivity contribution in [3.05, 3.63) is 47.3 Å². The molecule has 21 heavy (non-hydrogen) atoms. The van der Waals surface area contributed by atoms with Crippen LogP contribution >= 0.6 is 0 Å². The smallest absolute Gasteiger partial charge is 0.0637 e. The fourth-order valence-corrected chi connectivity index (χ4v) is 2.99. The van der Waals surface area contributed by atoms with E-state index in [-0.39, 0.29) is 0 Å². The summed E-state index contributed by atoms with van der Waals surface area (Å²) in [6, 6.07) is 8.95. The first kappa shape index (κ1) is 14.1. The molecule has 1 aliphatic heterocycles. The molecule has 0 radical (unpaired) electrons. The summed E-state index contributed by atoms with van der Waals surface area (Å²) in [5, 5.41) is 7.91. The van der Waals surface area contributed by atoms with Gasteiger partial charge in [0.25, 0.3) is 0 Å². The van der Waals surface area contributed by atoms with Crippen LogP contribution in [0.3, 0.4) is 0 Å². The summed E-state index contributed by atoms with van der Waals surface area (Å²) < 4.78 is 1.86. The van der Waals surface area contributed by atoms with Crippen LogP contribution in [0.15, 0.2) is 30.5 Å². The number of benzene rings is 1. The number of aromatic nitrogens is 2. The van der Waals surface area contributed by atoms with E-state index in [0.29, 0.717) is 0 Å². The van der Waals surface area contributed by atoms with E-state index < -0.39 is 0 Å². The molecular weight excluding hydrogens is 260 g/mol. The lowest BCUT2D eigenvalue weighted by molar-refractivity contribution is 0.663. The van der Waals surface area contributed by atoms with Crippen molar-refractivity contribution in [3.8, 4) is 0 Å². The fourth-order valence-electron chi connectivity index (χ4n) is 2.99. The minimum absolute atomic E-state index is 0.934. The molecule has 1 aliphatic rings. The molecule has 112 valence electrons. The van der Waals surface area contributed by atoms with Crippen LogP contribution < -0.4 is 10.2 Å². The summed E-state index contributed by atoms with van der Waals surface area (Å²) in [4.78, 5) is 2.36. The van der Waals surface area contributed by atoms with E-state index in [2.05, 4.69) is 46.6 Å². The van der Waals surface area contributed by atoms with Crippen molar-refractivity contribution >= 4 is 5.69 Å². The molecule has 0 saturated carbocycles. The molecule has 0 unspecified atom stereocenters. The molecule has 0 bridgehead atoms. The molecule has 0 fully saturated rings. The molecule has 0 amide bonds. The van der Waals surface area contributed by atoms with E-state index in [1.54, 1.807) is 0 Å². The Morgan fingerprint density at radius 3 is 2.95 bits per heavy atom. The number of anilines is 1. The Kier molecular flexibility index (Phi) is 4.25. The predicted molar refractivity (Wildman–Crippen MR) is 86.7 cm³/mol. The number of aryl methyl sites for hydroxylation is 2. The largest absolute Gasteiger partial charge is 0.374 e. The maximum absolute atomic E-state index is 4.39. The number of nitrogens with one attached hydrogen (secondary N) is 1. The molecule has 2 heterocycles.